The van der Waals surface area contributed by atoms with Gasteiger partial charge in [0.05, 0.1) is 6.61 Å². The Kier molecular flexibility index (Phi) is 7.75. The summed E-state index contributed by atoms with van der Waals surface area (Å²) in [5.74, 6) is 3.48. The molecule has 1 unspecified atom stereocenters. The van der Waals surface area contributed by atoms with Crippen molar-refractivity contribution < 1.29 is 14.2 Å². The third-order valence-electron chi connectivity index (χ3n) is 5.45. The Hall–Kier alpha value is -2.52. The maximum atomic E-state index is 5.93. The monoisotopic (exact) mass is 406 g/mol. The van der Waals surface area contributed by atoms with E-state index in [1.165, 1.54) is 10.9 Å². The average molecular weight is 407 g/mol. The molecule has 0 radical (unpaired) electrons. The Labute approximate surface area is 181 Å². The first-order chi connectivity index (χ1) is 14.5. The minimum atomic E-state index is -0.335. The molecule has 0 spiro atoms. The number of rotatable bonds is 10. The van der Waals surface area contributed by atoms with Crippen LogP contribution < -0.4 is 9.47 Å². The Morgan fingerprint density at radius 1 is 0.700 bits per heavy atom. The molecule has 3 nitrogen and oxygen atoms in total. The van der Waals surface area contributed by atoms with Crippen molar-refractivity contribution in [1.82, 2.24) is 0 Å². The van der Waals surface area contributed by atoms with Gasteiger partial charge in [0.15, 0.2) is 6.29 Å². The smallest absolute Gasteiger partial charge is 0.197 e. The molecule has 30 heavy (non-hydrogen) atoms. The molecule has 3 rings (SSSR count). The van der Waals surface area contributed by atoms with Crippen LogP contribution in [0.3, 0.4) is 0 Å². The van der Waals surface area contributed by atoms with E-state index in [1.54, 1.807) is 0 Å². The minimum absolute atomic E-state index is 0.335. The SMILES string of the molecule is CC(OCCOc1cccc2ccccc12)Oc1ccc(C(C(C)C)C(C)C)cc1. The zero-order chi connectivity index (χ0) is 21.5. The summed E-state index contributed by atoms with van der Waals surface area (Å²) in [5, 5.41) is 2.29. The second-order valence-electron chi connectivity index (χ2n) is 8.46. The van der Waals surface area contributed by atoms with Gasteiger partial charge in [0.25, 0.3) is 0 Å². The quantitative estimate of drug-likeness (QED) is 0.266. The fraction of sp³-hybridized carbons (Fsp3) is 0.407. The van der Waals surface area contributed by atoms with Crippen molar-refractivity contribution in [3.63, 3.8) is 0 Å². The number of hydrogen-bond donors (Lipinski definition) is 0. The van der Waals surface area contributed by atoms with Crippen molar-refractivity contribution in [2.45, 2.75) is 46.8 Å². The lowest BCUT2D eigenvalue weighted by Gasteiger charge is -2.25. The zero-order valence-corrected chi connectivity index (χ0v) is 18.8. The van der Waals surface area contributed by atoms with Gasteiger partial charge < -0.3 is 14.2 Å². The Balaban J connectivity index is 1.47. The highest BCUT2D eigenvalue weighted by molar-refractivity contribution is 5.88. The standard InChI is InChI=1S/C27H34O3/c1-19(2)27(20(3)4)23-13-15-24(16-14-23)30-21(5)28-17-18-29-26-12-8-10-22-9-6-7-11-25(22)26/h6-16,19-21,27H,17-18H2,1-5H3. The molecule has 0 bridgehead atoms. The normalized spacial score (nSPS) is 12.7. The van der Waals surface area contributed by atoms with Crippen molar-refractivity contribution >= 4 is 10.8 Å². The van der Waals surface area contributed by atoms with Crippen molar-refractivity contribution in [3.8, 4) is 11.5 Å². The molecule has 0 fully saturated rings. The number of benzene rings is 3. The van der Waals surface area contributed by atoms with Crippen LogP contribution in [0.25, 0.3) is 10.8 Å². The fourth-order valence-corrected chi connectivity index (χ4v) is 4.22. The number of ether oxygens (including phenoxy) is 3. The summed E-state index contributed by atoms with van der Waals surface area (Å²) in [5.41, 5.74) is 1.37. The van der Waals surface area contributed by atoms with E-state index in [4.69, 9.17) is 14.2 Å². The molecule has 0 aliphatic heterocycles. The highest BCUT2D eigenvalue weighted by atomic mass is 16.7. The number of hydrogen-bond acceptors (Lipinski definition) is 3. The third-order valence-corrected chi connectivity index (χ3v) is 5.45. The maximum Gasteiger partial charge on any atom is 0.197 e. The molecule has 0 amide bonds. The molecule has 0 saturated carbocycles. The van der Waals surface area contributed by atoms with Gasteiger partial charge in [0, 0.05) is 5.39 Å². The van der Waals surface area contributed by atoms with Crippen molar-refractivity contribution in [2.75, 3.05) is 13.2 Å². The zero-order valence-electron chi connectivity index (χ0n) is 18.8. The molecule has 3 aromatic carbocycles. The van der Waals surface area contributed by atoms with Gasteiger partial charge in [-0.1, -0.05) is 76.2 Å². The van der Waals surface area contributed by atoms with Gasteiger partial charge in [-0.05, 0) is 53.8 Å². The van der Waals surface area contributed by atoms with Crippen LogP contribution in [0.4, 0.5) is 0 Å². The highest BCUT2D eigenvalue weighted by Gasteiger charge is 2.19. The molecule has 1 atom stereocenters. The fourth-order valence-electron chi connectivity index (χ4n) is 4.22. The van der Waals surface area contributed by atoms with Gasteiger partial charge in [-0.3, -0.25) is 0 Å². The molecule has 0 aliphatic carbocycles. The largest absolute Gasteiger partial charge is 0.491 e. The first-order valence-electron chi connectivity index (χ1n) is 10.9. The maximum absolute atomic E-state index is 5.93. The summed E-state index contributed by atoms with van der Waals surface area (Å²) < 4.78 is 17.6. The van der Waals surface area contributed by atoms with Crippen LogP contribution in [-0.4, -0.2) is 19.5 Å². The highest BCUT2D eigenvalue weighted by Crippen LogP contribution is 2.32. The Morgan fingerprint density at radius 3 is 2.07 bits per heavy atom. The molecular weight excluding hydrogens is 372 g/mol. The summed E-state index contributed by atoms with van der Waals surface area (Å²) in [6.07, 6.45) is -0.335. The summed E-state index contributed by atoms with van der Waals surface area (Å²) in [6.45, 7) is 12.0. The molecule has 0 saturated heterocycles. The molecule has 3 aromatic rings. The lowest BCUT2D eigenvalue weighted by atomic mass is 9.80. The predicted octanol–water partition coefficient (Wildman–Crippen LogP) is 7.06. The van der Waals surface area contributed by atoms with Crippen LogP contribution in [0.15, 0.2) is 66.7 Å². The van der Waals surface area contributed by atoms with Crippen molar-refractivity contribution in [3.05, 3.63) is 72.3 Å². The summed E-state index contributed by atoms with van der Waals surface area (Å²) in [4.78, 5) is 0. The second kappa shape index (κ2) is 10.5. The van der Waals surface area contributed by atoms with E-state index >= 15 is 0 Å². The molecule has 0 heterocycles. The van der Waals surface area contributed by atoms with Crippen molar-refractivity contribution in [1.29, 1.82) is 0 Å². The van der Waals surface area contributed by atoms with E-state index < -0.39 is 0 Å². The van der Waals surface area contributed by atoms with E-state index in [2.05, 4.69) is 58.0 Å². The van der Waals surface area contributed by atoms with Gasteiger partial charge in [0.1, 0.15) is 18.1 Å². The van der Waals surface area contributed by atoms with Crippen LogP contribution in [0.1, 0.15) is 46.1 Å². The first kappa shape index (κ1) is 22.2. The van der Waals surface area contributed by atoms with E-state index in [9.17, 15) is 0 Å². The predicted molar refractivity (Wildman–Crippen MR) is 124 cm³/mol. The minimum Gasteiger partial charge on any atom is -0.491 e. The van der Waals surface area contributed by atoms with Gasteiger partial charge in [-0.2, -0.15) is 0 Å². The van der Waals surface area contributed by atoms with Gasteiger partial charge in [-0.15, -0.1) is 0 Å². The van der Waals surface area contributed by atoms with Crippen LogP contribution in [0, 0.1) is 11.8 Å². The molecule has 3 heteroatoms. The number of fused-ring (bicyclic) bond motifs is 1. The molecule has 0 aromatic heterocycles. The van der Waals surface area contributed by atoms with Gasteiger partial charge in [0.2, 0.25) is 0 Å². The Morgan fingerprint density at radius 2 is 1.37 bits per heavy atom. The van der Waals surface area contributed by atoms with Gasteiger partial charge in [-0.25, -0.2) is 0 Å². The lowest BCUT2D eigenvalue weighted by Crippen LogP contribution is -2.20. The van der Waals surface area contributed by atoms with E-state index in [-0.39, 0.29) is 6.29 Å². The van der Waals surface area contributed by atoms with E-state index in [1.807, 2.05) is 43.3 Å². The van der Waals surface area contributed by atoms with Crippen LogP contribution in [0.2, 0.25) is 0 Å². The molecule has 0 aliphatic rings. The first-order valence-corrected chi connectivity index (χ1v) is 10.9. The van der Waals surface area contributed by atoms with Crippen molar-refractivity contribution in [2.24, 2.45) is 11.8 Å². The molecular formula is C27H34O3. The van der Waals surface area contributed by atoms with Gasteiger partial charge >= 0.3 is 0 Å². The lowest BCUT2D eigenvalue weighted by molar-refractivity contribution is -0.0738. The Bertz CT molecular complexity index is 902. The summed E-state index contributed by atoms with van der Waals surface area (Å²) in [7, 11) is 0. The van der Waals surface area contributed by atoms with E-state index in [0.717, 1.165) is 16.9 Å². The average Bonchev–Trinajstić information content (AvgIpc) is 2.72. The van der Waals surface area contributed by atoms with Crippen LogP contribution >= 0.6 is 0 Å². The second-order valence-corrected chi connectivity index (χ2v) is 8.46. The summed E-state index contributed by atoms with van der Waals surface area (Å²) in [6, 6.07) is 22.7. The van der Waals surface area contributed by atoms with E-state index in [0.29, 0.717) is 31.0 Å². The van der Waals surface area contributed by atoms with Crippen LogP contribution in [0.5, 0.6) is 11.5 Å². The third kappa shape index (κ3) is 5.76. The molecule has 160 valence electrons. The van der Waals surface area contributed by atoms with Crippen LogP contribution in [-0.2, 0) is 4.74 Å². The topological polar surface area (TPSA) is 27.7 Å². The molecule has 0 N–H and O–H groups in total. The summed E-state index contributed by atoms with van der Waals surface area (Å²) >= 11 is 0.